The molecule has 0 unspecified atom stereocenters. The summed E-state index contributed by atoms with van der Waals surface area (Å²) in [4.78, 5) is 26.3. The Morgan fingerprint density at radius 3 is 2.76 bits per heavy atom. The first-order valence-electron chi connectivity index (χ1n) is 7.46. The lowest BCUT2D eigenvalue weighted by Gasteiger charge is -2.16. The summed E-state index contributed by atoms with van der Waals surface area (Å²) in [6.07, 6.45) is 1.72. The van der Waals surface area contributed by atoms with Crippen molar-refractivity contribution in [3.8, 4) is 5.75 Å². The number of amides is 2. The van der Waals surface area contributed by atoms with Crippen LogP contribution in [-0.4, -0.2) is 29.8 Å². The number of hydrogen-bond donors (Lipinski definition) is 1. The quantitative estimate of drug-likeness (QED) is 0.720. The highest BCUT2D eigenvalue weighted by molar-refractivity contribution is 9.10. The third-order valence-corrected chi connectivity index (χ3v) is 4.96. The number of carbonyl (C=O) groups is 2. The fourth-order valence-corrected chi connectivity index (χ4v) is 3.59. The zero-order valence-corrected chi connectivity index (χ0v) is 15.8. The summed E-state index contributed by atoms with van der Waals surface area (Å²) >= 11 is 4.33. The molecule has 2 aromatic carbocycles. The Labute approximate surface area is 158 Å². The number of rotatable bonds is 5. The zero-order valence-electron chi connectivity index (χ0n) is 13.4. The van der Waals surface area contributed by atoms with Crippen molar-refractivity contribution in [3.63, 3.8) is 0 Å². The summed E-state index contributed by atoms with van der Waals surface area (Å²) in [6, 6.07) is 14.9. The molecule has 1 fully saturated rings. The SMILES string of the molecule is COc1ccccc1NCN1C(=O)S/C(=C/c2cccc(Br)c2)C1=O. The molecule has 3 rings (SSSR count). The number of hydrogen-bond acceptors (Lipinski definition) is 5. The zero-order chi connectivity index (χ0) is 17.8. The first-order valence-corrected chi connectivity index (χ1v) is 9.07. The number of benzene rings is 2. The molecule has 0 atom stereocenters. The molecule has 1 N–H and O–H groups in total. The lowest BCUT2D eigenvalue weighted by molar-refractivity contribution is -0.122. The Morgan fingerprint density at radius 2 is 2.00 bits per heavy atom. The van der Waals surface area contributed by atoms with Gasteiger partial charge in [-0.05, 0) is 47.7 Å². The van der Waals surface area contributed by atoms with Crippen LogP contribution in [0.5, 0.6) is 5.75 Å². The smallest absolute Gasteiger partial charge is 0.295 e. The standard InChI is InChI=1S/C18H15BrN2O3S/c1-24-15-8-3-2-7-14(15)20-11-21-17(22)16(25-18(21)23)10-12-5-4-6-13(19)9-12/h2-10,20H,11H2,1H3/b16-10+. The molecule has 1 saturated heterocycles. The highest BCUT2D eigenvalue weighted by atomic mass is 79.9. The first-order chi connectivity index (χ1) is 12.1. The minimum Gasteiger partial charge on any atom is -0.495 e. The van der Waals surface area contributed by atoms with Crippen LogP contribution in [0, 0.1) is 0 Å². The second-order valence-corrected chi connectivity index (χ2v) is 7.11. The molecule has 2 aromatic rings. The van der Waals surface area contributed by atoms with Gasteiger partial charge in [0.25, 0.3) is 11.1 Å². The van der Waals surface area contributed by atoms with Crippen LogP contribution in [0.25, 0.3) is 6.08 Å². The summed E-state index contributed by atoms with van der Waals surface area (Å²) in [6.45, 7) is 0.0842. The van der Waals surface area contributed by atoms with E-state index in [9.17, 15) is 9.59 Å². The molecule has 0 bridgehead atoms. The average molecular weight is 419 g/mol. The van der Waals surface area contributed by atoms with E-state index in [0.717, 1.165) is 27.5 Å². The van der Waals surface area contributed by atoms with Gasteiger partial charge in [-0.1, -0.05) is 40.2 Å². The van der Waals surface area contributed by atoms with Gasteiger partial charge in [-0.25, -0.2) is 0 Å². The molecule has 0 aliphatic carbocycles. The van der Waals surface area contributed by atoms with Gasteiger partial charge in [-0.15, -0.1) is 0 Å². The number of nitrogens with one attached hydrogen (secondary N) is 1. The number of ether oxygens (including phenoxy) is 1. The van der Waals surface area contributed by atoms with Gasteiger partial charge in [0.2, 0.25) is 0 Å². The van der Waals surface area contributed by atoms with Crippen LogP contribution in [-0.2, 0) is 4.79 Å². The Bertz CT molecular complexity index is 854. The number of para-hydroxylation sites is 2. The molecule has 0 saturated carbocycles. The van der Waals surface area contributed by atoms with E-state index in [4.69, 9.17) is 4.74 Å². The highest BCUT2D eigenvalue weighted by Gasteiger charge is 2.34. The fourth-order valence-electron chi connectivity index (χ4n) is 2.34. The van der Waals surface area contributed by atoms with Gasteiger partial charge < -0.3 is 10.1 Å². The summed E-state index contributed by atoms with van der Waals surface area (Å²) in [5.74, 6) is 0.344. The van der Waals surface area contributed by atoms with Crippen molar-refractivity contribution in [2.24, 2.45) is 0 Å². The van der Waals surface area contributed by atoms with E-state index in [1.165, 1.54) is 4.90 Å². The van der Waals surface area contributed by atoms with E-state index in [0.29, 0.717) is 10.7 Å². The molecule has 1 aliphatic heterocycles. The molecule has 7 heteroatoms. The van der Waals surface area contributed by atoms with E-state index >= 15 is 0 Å². The summed E-state index contributed by atoms with van der Waals surface area (Å²) in [5.41, 5.74) is 1.58. The maximum absolute atomic E-state index is 12.5. The van der Waals surface area contributed by atoms with Crippen molar-refractivity contribution in [3.05, 3.63) is 63.5 Å². The highest BCUT2D eigenvalue weighted by Crippen LogP contribution is 2.33. The number of carbonyl (C=O) groups excluding carboxylic acids is 2. The molecular formula is C18H15BrN2O3S. The van der Waals surface area contributed by atoms with E-state index in [-0.39, 0.29) is 17.8 Å². The van der Waals surface area contributed by atoms with Crippen molar-refractivity contribution in [1.82, 2.24) is 4.90 Å². The molecule has 0 spiro atoms. The number of imide groups is 1. The molecule has 5 nitrogen and oxygen atoms in total. The third-order valence-electron chi connectivity index (χ3n) is 3.55. The van der Waals surface area contributed by atoms with Gasteiger partial charge in [-0.2, -0.15) is 0 Å². The predicted molar refractivity (Wildman–Crippen MR) is 103 cm³/mol. The lowest BCUT2D eigenvalue weighted by Crippen LogP contribution is -2.33. The summed E-state index contributed by atoms with van der Waals surface area (Å²) in [5, 5.41) is 2.77. The molecule has 1 aliphatic rings. The van der Waals surface area contributed by atoms with Gasteiger partial charge in [0.1, 0.15) is 5.75 Å². The van der Waals surface area contributed by atoms with Crippen molar-refractivity contribution >= 4 is 50.6 Å². The Balaban J connectivity index is 1.73. The van der Waals surface area contributed by atoms with E-state index in [1.807, 2.05) is 48.5 Å². The van der Waals surface area contributed by atoms with Gasteiger partial charge in [-0.3, -0.25) is 14.5 Å². The summed E-state index contributed by atoms with van der Waals surface area (Å²) in [7, 11) is 1.57. The van der Waals surface area contributed by atoms with Gasteiger partial charge >= 0.3 is 0 Å². The molecule has 0 radical (unpaired) electrons. The molecule has 0 aromatic heterocycles. The van der Waals surface area contributed by atoms with Crippen molar-refractivity contribution in [1.29, 1.82) is 0 Å². The van der Waals surface area contributed by atoms with Gasteiger partial charge in [0, 0.05) is 4.47 Å². The van der Waals surface area contributed by atoms with Crippen molar-refractivity contribution < 1.29 is 14.3 Å². The molecule has 25 heavy (non-hydrogen) atoms. The number of nitrogens with zero attached hydrogens (tertiary/aromatic N) is 1. The topological polar surface area (TPSA) is 58.6 Å². The fraction of sp³-hybridized carbons (Fsp3) is 0.111. The Morgan fingerprint density at radius 1 is 1.20 bits per heavy atom. The molecule has 2 amide bonds. The van der Waals surface area contributed by atoms with E-state index in [2.05, 4.69) is 21.2 Å². The number of halogens is 1. The minimum atomic E-state index is -0.308. The van der Waals surface area contributed by atoms with Crippen LogP contribution < -0.4 is 10.1 Å². The maximum Gasteiger partial charge on any atom is 0.295 e. The Hall–Kier alpha value is -2.25. The largest absolute Gasteiger partial charge is 0.495 e. The van der Waals surface area contributed by atoms with Crippen LogP contribution >= 0.6 is 27.7 Å². The van der Waals surface area contributed by atoms with E-state index < -0.39 is 0 Å². The lowest BCUT2D eigenvalue weighted by atomic mass is 10.2. The van der Waals surface area contributed by atoms with Crippen molar-refractivity contribution in [2.45, 2.75) is 0 Å². The van der Waals surface area contributed by atoms with Crippen molar-refractivity contribution in [2.75, 3.05) is 19.1 Å². The second-order valence-electron chi connectivity index (χ2n) is 5.20. The normalized spacial score (nSPS) is 15.8. The predicted octanol–water partition coefficient (Wildman–Crippen LogP) is 4.56. The van der Waals surface area contributed by atoms with Gasteiger partial charge in [0.05, 0.1) is 24.4 Å². The summed E-state index contributed by atoms with van der Waals surface area (Å²) < 4.78 is 6.17. The first kappa shape index (κ1) is 17.6. The van der Waals surface area contributed by atoms with Crippen LogP contribution in [0.1, 0.15) is 5.56 Å². The monoisotopic (exact) mass is 418 g/mol. The average Bonchev–Trinajstić information content (AvgIpc) is 2.87. The van der Waals surface area contributed by atoms with Crippen LogP contribution in [0.4, 0.5) is 10.5 Å². The van der Waals surface area contributed by atoms with Crippen LogP contribution in [0.3, 0.4) is 0 Å². The molecule has 1 heterocycles. The van der Waals surface area contributed by atoms with E-state index in [1.54, 1.807) is 13.2 Å². The van der Waals surface area contributed by atoms with Crippen LogP contribution in [0.15, 0.2) is 57.9 Å². The van der Waals surface area contributed by atoms with Crippen LogP contribution in [0.2, 0.25) is 0 Å². The Kier molecular flexibility index (Phi) is 5.45. The molecule has 128 valence electrons. The van der Waals surface area contributed by atoms with Gasteiger partial charge in [0.15, 0.2) is 0 Å². The number of thioether (sulfide) groups is 1. The maximum atomic E-state index is 12.5. The number of methoxy groups -OCH3 is 1. The second kappa shape index (κ2) is 7.76. The number of anilines is 1. The molecular weight excluding hydrogens is 404 g/mol. The minimum absolute atomic E-state index is 0.0842. The third kappa shape index (κ3) is 4.05.